The minimum Gasteiger partial charge on any atom is -0.393 e. The van der Waals surface area contributed by atoms with Crippen LogP contribution in [0.3, 0.4) is 0 Å². The number of carbonyl (C=O) groups excluding carboxylic acids is 1. The maximum atomic E-state index is 12.2. The molecule has 2 fully saturated rings. The summed E-state index contributed by atoms with van der Waals surface area (Å²) < 4.78 is 0. The first-order valence-electron chi connectivity index (χ1n) is 11.7. The summed E-state index contributed by atoms with van der Waals surface area (Å²) in [4.78, 5) is 12.2. The first-order chi connectivity index (χ1) is 14.0. The van der Waals surface area contributed by atoms with Gasteiger partial charge in [-0.2, -0.15) is 0 Å². The Balaban J connectivity index is 1.69. The number of hydrogen-bond donors (Lipinski definition) is 3. The highest BCUT2D eigenvalue weighted by atomic mass is 16.3. The Kier molecular flexibility index (Phi) is 7.11. The van der Waals surface area contributed by atoms with Crippen molar-refractivity contribution in [2.75, 3.05) is 0 Å². The van der Waals surface area contributed by atoms with Crippen LogP contribution in [0.2, 0.25) is 0 Å². The lowest BCUT2D eigenvalue weighted by Gasteiger charge is -2.42. The maximum absolute atomic E-state index is 12.2. The van der Waals surface area contributed by atoms with Gasteiger partial charge in [-0.3, -0.25) is 4.79 Å². The van der Waals surface area contributed by atoms with E-state index < -0.39 is 17.8 Å². The third-order valence-electron chi connectivity index (χ3n) is 7.70. The van der Waals surface area contributed by atoms with Crippen LogP contribution < -0.4 is 0 Å². The van der Waals surface area contributed by atoms with Gasteiger partial charge < -0.3 is 15.3 Å². The Hall–Kier alpha value is -1.23. The van der Waals surface area contributed by atoms with Crippen molar-refractivity contribution in [2.24, 2.45) is 17.3 Å². The monoisotopic (exact) mass is 416 g/mol. The summed E-state index contributed by atoms with van der Waals surface area (Å²) in [6, 6.07) is 0. The predicted molar refractivity (Wildman–Crippen MR) is 120 cm³/mol. The van der Waals surface area contributed by atoms with E-state index in [1.165, 1.54) is 24.0 Å². The predicted octanol–water partition coefficient (Wildman–Crippen LogP) is 4.64. The fourth-order valence-corrected chi connectivity index (χ4v) is 5.96. The van der Waals surface area contributed by atoms with Gasteiger partial charge in [0.25, 0.3) is 0 Å². The molecule has 2 saturated carbocycles. The van der Waals surface area contributed by atoms with Gasteiger partial charge in [-0.15, -0.1) is 0 Å². The van der Waals surface area contributed by atoms with Gasteiger partial charge in [-0.05, 0) is 82.5 Å². The van der Waals surface area contributed by atoms with Crippen LogP contribution in [-0.2, 0) is 4.79 Å². The molecule has 1 unspecified atom stereocenters. The third-order valence-corrected chi connectivity index (χ3v) is 7.70. The van der Waals surface area contributed by atoms with Crippen LogP contribution in [0.1, 0.15) is 85.5 Å². The number of aliphatic hydroxyl groups excluding tert-OH is 2. The van der Waals surface area contributed by atoms with E-state index in [1.807, 2.05) is 0 Å². The van der Waals surface area contributed by atoms with Crippen LogP contribution in [0, 0.1) is 17.3 Å². The summed E-state index contributed by atoms with van der Waals surface area (Å²) in [7, 11) is 0. The number of allylic oxidation sites excluding steroid dienone is 5. The van der Waals surface area contributed by atoms with Gasteiger partial charge in [-0.25, -0.2) is 0 Å². The molecule has 3 aliphatic carbocycles. The summed E-state index contributed by atoms with van der Waals surface area (Å²) in [6.45, 7) is 7.76. The lowest BCUT2D eigenvalue weighted by Crippen LogP contribution is -2.34. The number of carbonyl (C=O) groups is 1. The highest BCUT2D eigenvalue weighted by Crippen LogP contribution is 2.57. The number of aliphatic hydroxyl groups is 3. The highest BCUT2D eigenvalue weighted by molar-refractivity contribution is 5.86. The average Bonchev–Trinajstić information content (AvgIpc) is 3.00. The first kappa shape index (κ1) is 23.4. The second-order valence-corrected chi connectivity index (χ2v) is 10.7. The number of rotatable bonds is 6. The van der Waals surface area contributed by atoms with E-state index in [2.05, 4.69) is 32.1 Å². The Morgan fingerprint density at radius 2 is 1.93 bits per heavy atom. The zero-order chi connectivity index (χ0) is 22.1. The van der Waals surface area contributed by atoms with Crippen LogP contribution in [0.5, 0.6) is 0 Å². The van der Waals surface area contributed by atoms with Gasteiger partial charge in [0.1, 0.15) is 5.60 Å². The molecule has 3 N–H and O–H groups in total. The molecule has 0 aromatic rings. The molecule has 0 amide bonds. The first-order valence-corrected chi connectivity index (χ1v) is 11.7. The van der Waals surface area contributed by atoms with Gasteiger partial charge in [-0.1, -0.05) is 48.8 Å². The Bertz CT molecular complexity index is 727. The summed E-state index contributed by atoms with van der Waals surface area (Å²) in [5.41, 5.74) is 3.01. The van der Waals surface area contributed by atoms with Crippen LogP contribution in [0.15, 0.2) is 34.9 Å². The number of hydrogen-bond acceptors (Lipinski definition) is 4. The molecule has 0 bridgehead atoms. The zero-order valence-electron chi connectivity index (χ0n) is 19.2. The van der Waals surface area contributed by atoms with E-state index in [4.69, 9.17) is 0 Å². The van der Waals surface area contributed by atoms with Gasteiger partial charge in [0, 0.05) is 6.42 Å². The van der Waals surface area contributed by atoms with Gasteiger partial charge in [0.15, 0.2) is 5.78 Å². The molecule has 0 saturated heterocycles. The number of ketones is 1. The summed E-state index contributed by atoms with van der Waals surface area (Å²) in [6.07, 6.45) is 13.5. The molecule has 3 rings (SSSR count). The van der Waals surface area contributed by atoms with E-state index in [0.29, 0.717) is 37.5 Å². The summed E-state index contributed by atoms with van der Waals surface area (Å²) >= 11 is 0. The van der Waals surface area contributed by atoms with Crippen molar-refractivity contribution in [3.8, 4) is 0 Å². The molecular formula is C26H40O4. The largest absolute Gasteiger partial charge is 0.393 e. The molecule has 0 radical (unpaired) electrons. The van der Waals surface area contributed by atoms with Crippen LogP contribution >= 0.6 is 0 Å². The molecule has 0 heterocycles. The molecule has 30 heavy (non-hydrogen) atoms. The van der Waals surface area contributed by atoms with Crippen molar-refractivity contribution in [3.63, 3.8) is 0 Å². The van der Waals surface area contributed by atoms with Crippen LogP contribution in [-0.4, -0.2) is 38.9 Å². The van der Waals surface area contributed by atoms with E-state index in [-0.39, 0.29) is 11.2 Å². The standard InChI is InChI=1S/C26H40O4/c1-17(7-12-24(29)25(2,3)30)22-10-11-23-19(6-5-13-26(22,23)4)9-8-18-14-20(27)16-21(28)15-18/h8-10,17,20-21,23,27-28,30H,5-7,11-16H2,1-4H3/t17-,20-,21-,23?,26-/m1/s1. The second kappa shape index (κ2) is 9.10. The Morgan fingerprint density at radius 3 is 2.57 bits per heavy atom. The minimum atomic E-state index is -1.25. The topological polar surface area (TPSA) is 77.8 Å². The lowest BCUT2D eigenvalue weighted by molar-refractivity contribution is -0.134. The zero-order valence-corrected chi connectivity index (χ0v) is 19.2. The second-order valence-electron chi connectivity index (χ2n) is 10.7. The molecule has 4 heteroatoms. The van der Waals surface area contributed by atoms with Crippen LogP contribution in [0.4, 0.5) is 0 Å². The van der Waals surface area contributed by atoms with Crippen molar-refractivity contribution >= 4 is 5.78 Å². The third kappa shape index (κ3) is 5.15. The van der Waals surface area contributed by atoms with E-state index in [9.17, 15) is 20.1 Å². The van der Waals surface area contributed by atoms with E-state index in [0.717, 1.165) is 24.8 Å². The van der Waals surface area contributed by atoms with Crippen molar-refractivity contribution in [1.29, 1.82) is 0 Å². The average molecular weight is 417 g/mol. The number of fused-ring (bicyclic) bond motifs is 1. The molecule has 3 aliphatic rings. The smallest absolute Gasteiger partial charge is 0.163 e. The molecule has 4 nitrogen and oxygen atoms in total. The highest BCUT2D eigenvalue weighted by Gasteiger charge is 2.46. The molecule has 0 aliphatic heterocycles. The molecule has 0 spiro atoms. The normalized spacial score (nSPS) is 34.5. The van der Waals surface area contributed by atoms with Gasteiger partial charge in [0.2, 0.25) is 0 Å². The quantitative estimate of drug-likeness (QED) is 0.551. The molecule has 168 valence electrons. The molecule has 5 atom stereocenters. The van der Waals surface area contributed by atoms with Crippen molar-refractivity contribution in [1.82, 2.24) is 0 Å². The number of Topliss-reactive ketones (excluding diaryl/α,β-unsaturated/α-hetero) is 1. The summed E-state index contributed by atoms with van der Waals surface area (Å²) in [5, 5.41) is 29.8. The Labute approximate surface area is 181 Å². The summed E-state index contributed by atoms with van der Waals surface area (Å²) in [5.74, 6) is 0.763. The van der Waals surface area contributed by atoms with E-state index in [1.54, 1.807) is 13.8 Å². The van der Waals surface area contributed by atoms with Crippen LogP contribution in [0.25, 0.3) is 0 Å². The van der Waals surface area contributed by atoms with Gasteiger partial charge in [0.05, 0.1) is 12.2 Å². The molecule has 0 aromatic carbocycles. The van der Waals surface area contributed by atoms with Crippen molar-refractivity contribution in [2.45, 2.75) is 103 Å². The lowest BCUT2D eigenvalue weighted by atomic mass is 9.62. The Morgan fingerprint density at radius 1 is 1.27 bits per heavy atom. The van der Waals surface area contributed by atoms with Crippen molar-refractivity contribution < 1.29 is 20.1 Å². The van der Waals surface area contributed by atoms with Crippen molar-refractivity contribution in [3.05, 3.63) is 34.9 Å². The van der Waals surface area contributed by atoms with E-state index >= 15 is 0 Å². The minimum absolute atomic E-state index is 0.0811. The SMILES string of the molecule is C[C@H](CCC(=O)C(C)(C)O)C1=CCC2C(=CC=C3C[C@@H](O)C[C@H](O)C3)CCC[C@]12C. The fourth-order valence-electron chi connectivity index (χ4n) is 5.96. The molecule has 0 aromatic heterocycles. The molecular weight excluding hydrogens is 376 g/mol. The fraction of sp³-hybridized carbons (Fsp3) is 0.731. The maximum Gasteiger partial charge on any atom is 0.163 e. The van der Waals surface area contributed by atoms with Gasteiger partial charge >= 0.3 is 0 Å².